The predicted molar refractivity (Wildman–Crippen MR) is 135 cm³/mol. The Morgan fingerprint density at radius 2 is 1.85 bits per heavy atom. The predicted octanol–water partition coefficient (Wildman–Crippen LogP) is 5.56. The molecule has 5 rings (SSSR count). The van der Waals surface area contributed by atoms with Crippen molar-refractivity contribution < 1.29 is 13.2 Å². The van der Waals surface area contributed by atoms with Crippen LogP contribution >= 0.6 is 0 Å². The molecule has 0 spiro atoms. The maximum Gasteiger partial charge on any atom is 0.240 e. The molecule has 174 valence electrons. The molecule has 3 aromatic carbocycles. The molecule has 0 bridgehead atoms. The Morgan fingerprint density at radius 1 is 1.06 bits per heavy atom. The van der Waals surface area contributed by atoms with Gasteiger partial charge in [-0.2, -0.15) is 0 Å². The van der Waals surface area contributed by atoms with Gasteiger partial charge in [-0.25, -0.2) is 13.1 Å². The number of allylic oxidation sites excluding steroid dienone is 2. The molecule has 1 heterocycles. The Labute approximate surface area is 201 Å². The fourth-order valence-electron chi connectivity index (χ4n) is 4.83. The van der Waals surface area contributed by atoms with E-state index in [-0.39, 0.29) is 23.4 Å². The summed E-state index contributed by atoms with van der Waals surface area (Å²) >= 11 is 0. The Morgan fingerprint density at radius 3 is 2.62 bits per heavy atom. The van der Waals surface area contributed by atoms with E-state index in [0.717, 1.165) is 29.0 Å². The van der Waals surface area contributed by atoms with Gasteiger partial charge in [-0.3, -0.25) is 0 Å². The number of anilines is 1. The molecule has 2 N–H and O–H groups in total. The number of fused-ring (bicyclic) bond motifs is 3. The van der Waals surface area contributed by atoms with Crippen LogP contribution in [0.25, 0.3) is 0 Å². The Kier molecular flexibility index (Phi) is 6.26. The van der Waals surface area contributed by atoms with E-state index in [0.29, 0.717) is 12.5 Å². The smallest absolute Gasteiger partial charge is 0.240 e. The highest BCUT2D eigenvalue weighted by molar-refractivity contribution is 7.89. The van der Waals surface area contributed by atoms with Crippen LogP contribution in [-0.4, -0.2) is 15.0 Å². The second kappa shape index (κ2) is 9.49. The third-order valence-electron chi connectivity index (χ3n) is 6.55. The van der Waals surface area contributed by atoms with Gasteiger partial charge in [0.1, 0.15) is 12.4 Å². The molecular weight excluding hydrogens is 444 g/mol. The lowest BCUT2D eigenvalue weighted by atomic mass is 9.77. The zero-order valence-corrected chi connectivity index (χ0v) is 19.7. The van der Waals surface area contributed by atoms with Crippen molar-refractivity contribution in [3.05, 3.63) is 114 Å². The van der Waals surface area contributed by atoms with Gasteiger partial charge in [0.15, 0.2) is 0 Å². The van der Waals surface area contributed by atoms with Gasteiger partial charge in [-0.05, 0) is 59.4 Å². The molecule has 0 radical (unpaired) electrons. The number of hydrogen-bond acceptors (Lipinski definition) is 4. The second-order valence-corrected chi connectivity index (χ2v) is 10.5. The van der Waals surface area contributed by atoms with Crippen LogP contribution in [-0.2, 0) is 16.6 Å². The summed E-state index contributed by atoms with van der Waals surface area (Å²) in [6.07, 6.45) is 6.89. The quantitative estimate of drug-likeness (QED) is 0.422. The van der Waals surface area contributed by atoms with Crippen molar-refractivity contribution in [2.24, 2.45) is 5.92 Å². The molecule has 2 aliphatic rings. The van der Waals surface area contributed by atoms with Gasteiger partial charge in [0.2, 0.25) is 10.0 Å². The van der Waals surface area contributed by atoms with E-state index in [2.05, 4.69) is 53.0 Å². The average Bonchev–Trinajstić information content (AvgIpc) is 3.37. The molecular formula is C28H28N2O3S. The summed E-state index contributed by atoms with van der Waals surface area (Å²) in [5, 5.41) is 3.67. The molecule has 0 aromatic heterocycles. The van der Waals surface area contributed by atoms with E-state index in [1.807, 2.05) is 36.4 Å². The van der Waals surface area contributed by atoms with Crippen LogP contribution in [0.1, 0.15) is 35.1 Å². The first-order valence-electron chi connectivity index (χ1n) is 11.5. The molecule has 5 nitrogen and oxygen atoms in total. The molecule has 0 saturated carbocycles. The third kappa shape index (κ3) is 4.52. The molecule has 0 fully saturated rings. The van der Waals surface area contributed by atoms with Crippen LogP contribution in [0, 0.1) is 5.92 Å². The highest BCUT2D eigenvalue weighted by Crippen LogP contribution is 2.50. The first-order chi connectivity index (χ1) is 16.5. The summed E-state index contributed by atoms with van der Waals surface area (Å²) in [4.78, 5) is 0.285. The summed E-state index contributed by atoms with van der Waals surface area (Å²) in [6, 6.07) is 23.9. The van der Waals surface area contributed by atoms with Crippen LogP contribution in [0.4, 0.5) is 5.69 Å². The van der Waals surface area contributed by atoms with Gasteiger partial charge in [0.05, 0.1) is 10.9 Å². The van der Waals surface area contributed by atoms with Crippen LogP contribution < -0.4 is 14.8 Å². The van der Waals surface area contributed by atoms with Gasteiger partial charge in [-0.15, -0.1) is 6.58 Å². The molecule has 3 unspecified atom stereocenters. The summed E-state index contributed by atoms with van der Waals surface area (Å²) in [5.74, 6) is 1.33. The van der Waals surface area contributed by atoms with E-state index < -0.39 is 10.0 Å². The fraction of sp³-hybridized carbons (Fsp3) is 0.214. The van der Waals surface area contributed by atoms with Gasteiger partial charge in [0.25, 0.3) is 0 Å². The number of rotatable bonds is 8. The van der Waals surface area contributed by atoms with Crippen molar-refractivity contribution in [1.29, 1.82) is 0 Å². The Bertz CT molecular complexity index is 1300. The number of hydrogen-bond donors (Lipinski definition) is 2. The van der Waals surface area contributed by atoms with Crippen molar-refractivity contribution >= 4 is 15.7 Å². The molecule has 1 aliphatic heterocycles. The van der Waals surface area contributed by atoms with Gasteiger partial charge in [0, 0.05) is 18.2 Å². The molecule has 34 heavy (non-hydrogen) atoms. The zero-order chi connectivity index (χ0) is 23.5. The van der Waals surface area contributed by atoms with Crippen molar-refractivity contribution in [3.8, 4) is 5.75 Å². The summed E-state index contributed by atoms with van der Waals surface area (Å²) in [7, 11) is -3.57. The van der Waals surface area contributed by atoms with E-state index in [9.17, 15) is 8.42 Å². The van der Waals surface area contributed by atoms with Crippen molar-refractivity contribution in [2.45, 2.75) is 29.9 Å². The van der Waals surface area contributed by atoms with E-state index in [1.165, 1.54) is 11.6 Å². The van der Waals surface area contributed by atoms with Gasteiger partial charge < -0.3 is 10.1 Å². The Hall–Kier alpha value is -3.35. The van der Waals surface area contributed by atoms with Gasteiger partial charge in [-0.1, -0.05) is 60.7 Å². The number of sulfonamides is 1. The maximum absolute atomic E-state index is 12.6. The number of ether oxygens (including phenoxy) is 1. The Balaban J connectivity index is 1.36. The normalized spacial score (nSPS) is 20.8. The second-order valence-electron chi connectivity index (χ2n) is 8.71. The monoisotopic (exact) mass is 472 g/mol. The van der Waals surface area contributed by atoms with E-state index in [4.69, 9.17) is 4.74 Å². The highest BCUT2D eigenvalue weighted by Gasteiger charge is 2.38. The van der Waals surface area contributed by atoms with Crippen LogP contribution in [0.3, 0.4) is 0 Å². The molecule has 0 amide bonds. The minimum atomic E-state index is -3.57. The molecule has 1 aliphatic carbocycles. The van der Waals surface area contributed by atoms with Crippen molar-refractivity contribution in [1.82, 2.24) is 4.72 Å². The fourth-order valence-corrected chi connectivity index (χ4v) is 5.87. The third-order valence-corrected chi connectivity index (χ3v) is 7.97. The first kappa shape index (κ1) is 22.4. The van der Waals surface area contributed by atoms with Crippen LogP contribution in [0.2, 0.25) is 0 Å². The summed E-state index contributed by atoms with van der Waals surface area (Å²) in [6.45, 7) is 4.33. The molecule has 0 saturated heterocycles. The summed E-state index contributed by atoms with van der Waals surface area (Å²) < 4.78 is 33.7. The van der Waals surface area contributed by atoms with E-state index >= 15 is 0 Å². The number of nitrogens with one attached hydrogen (secondary N) is 2. The topological polar surface area (TPSA) is 67.4 Å². The molecule has 6 heteroatoms. The number of benzene rings is 3. The van der Waals surface area contributed by atoms with Crippen LogP contribution in [0.5, 0.6) is 5.75 Å². The maximum atomic E-state index is 12.6. The summed E-state index contributed by atoms with van der Waals surface area (Å²) in [5.41, 5.74) is 4.34. The minimum absolute atomic E-state index is 0.136. The zero-order valence-electron chi connectivity index (χ0n) is 18.9. The van der Waals surface area contributed by atoms with Crippen molar-refractivity contribution in [3.63, 3.8) is 0 Å². The van der Waals surface area contributed by atoms with Gasteiger partial charge >= 0.3 is 0 Å². The largest absolute Gasteiger partial charge is 0.489 e. The van der Waals surface area contributed by atoms with Crippen LogP contribution in [0.15, 0.2) is 102 Å². The highest BCUT2D eigenvalue weighted by atomic mass is 32.2. The van der Waals surface area contributed by atoms with E-state index in [1.54, 1.807) is 12.1 Å². The minimum Gasteiger partial charge on any atom is -0.489 e. The standard InChI is InChI=1S/C28H28N2O3S/c1-2-17-29-34(31,32)23-15-16-27-26(18-23)24-9-6-10-25(24)28(30-27)21-11-13-22(14-12-21)33-19-20-7-4-3-5-8-20/h2-9,11-16,18,24-25,28-30H,1,10,17,19H2. The lowest BCUT2D eigenvalue weighted by Gasteiger charge is -2.37. The lowest BCUT2D eigenvalue weighted by molar-refractivity contribution is 0.306. The SMILES string of the molecule is C=CCNS(=O)(=O)c1ccc2c(c1)C1C=CCC1C(c1ccc(OCc3ccccc3)cc1)N2. The lowest BCUT2D eigenvalue weighted by Crippen LogP contribution is -2.30. The molecule has 3 atom stereocenters. The first-order valence-corrected chi connectivity index (χ1v) is 13.0. The molecule has 3 aromatic rings. The van der Waals surface area contributed by atoms with Crippen molar-refractivity contribution in [2.75, 3.05) is 11.9 Å². The average molecular weight is 473 g/mol.